The number of aliphatic hydroxyl groups excluding tert-OH is 2. The maximum atomic E-state index is 9.25. The Labute approximate surface area is 136 Å². The van der Waals surface area contributed by atoms with Gasteiger partial charge in [0.05, 0.1) is 18.6 Å². The predicted octanol–water partition coefficient (Wildman–Crippen LogP) is -1.30. The summed E-state index contributed by atoms with van der Waals surface area (Å²) in [6.45, 7) is 10.6. The third-order valence-corrected chi connectivity index (χ3v) is 4.24. The quantitative estimate of drug-likeness (QED) is 0.388. The highest BCUT2D eigenvalue weighted by Crippen LogP contribution is 2.29. The molecule has 0 fully saturated rings. The molecule has 1 aliphatic rings. The van der Waals surface area contributed by atoms with Crippen molar-refractivity contribution in [3.63, 3.8) is 0 Å². The SMILES string of the molecule is CCCCCCC(C)(C)C1=[N+](CCO)CCN1CCO.[Cl-]. The van der Waals surface area contributed by atoms with Crippen LogP contribution in [0.1, 0.15) is 52.9 Å². The van der Waals surface area contributed by atoms with Crippen LogP contribution in [0.15, 0.2) is 0 Å². The van der Waals surface area contributed by atoms with E-state index in [0.717, 1.165) is 13.1 Å². The largest absolute Gasteiger partial charge is 1.00 e. The standard InChI is InChI=1S/C16H33N2O2.ClH/c1-4-5-6-7-8-16(2,3)15-17(11-13-19)9-10-18(15)12-14-20;/h19-20H,4-14H2,1-3H3;1H/q+1;/p-1. The van der Waals surface area contributed by atoms with Crippen molar-refractivity contribution < 1.29 is 27.2 Å². The van der Waals surface area contributed by atoms with Gasteiger partial charge in [0, 0.05) is 0 Å². The van der Waals surface area contributed by atoms with Crippen molar-refractivity contribution >= 4 is 5.84 Å². The van der Waals surface area contributed by atoms with Crippen molar-refractivity contribution in [1.82, 2.24) is 4.90 Å². The number of hydrogen-bond donors (Lipinski definition) is 2. The van der Waals surface area contributed by atoms with E-state index >= 15 is 0 Å². The number of unbranched alkanes of at least 4 members (excludes halogenated alkanes) is 3. The number of hydrogen-bond acceptors (Lipinski definition) is 3. The molecule has 5 heteroatoms. The zero-order valence-corrected chi connectivity index (χ0v) is 14.7. The molecule has 4 nitrogen and oxygen atoms in total. The molecule has 2 N–H and O–H groups in total. The number of amidine groups is 1. The summed E-state index contributed by atoms with van der Waals surface area (Å²) in [4.78, 5) is 2.30. The van der Waals surface area contributed by atoms with E-state index in [0.29, 0.717) is 13.1 Å². The zero-order valence-electron chi connectivity index (χ0n) is 13.9. The van der Waals surface area contributed by atoms with Crippen LogP contribution in [-0.2, 0) is 0 Å². The minimum Gasteiger partial charge on any atom is -1.00 e. The van der Waals surface area contributed by atoms with Gasteiger partial charge in [-0.25, -0.2) is 0 Å². The molecular formula is C16H33ClN2O2. The van der Waals surface area contributed by atoms with Gasteiger partial charge in [0.1, 0.15) is 26.2 Å². The maximum Gasteiger partial charge on any atom is 0.252 e. The molecule has 126 valence electrons. The van der Waals surface area contributed by atoms with E-state index in [1.807, 2.05) is 0 Å². The molecule has 0 unspecified atom stereocenters. The molecular weight excluding hydrogens is 288 g/mol. The molecule has 1 heterocycles. The van der Waals surface area contributed by atoms with Crippen molar-refractivity contribution in [3.8, 4) is 0 Å². The van der Waals surface area contributed by atoms with Crippen LogP contribution >= 0.6 is 0 Å². The van der Waals surface area contributed by atoms with Crippen LogP contribution < -0.4 is 12.4 Å². The van der Waals surface area contributed by atoms with Gasteiger partial charge in [0.15, 0.2) is 0 Å². The lowest BCUT2D eigenvalue weighted by Crippen LogP contribution is -3.00. The average molecular weight is 321 g/mol. The maximum absolute atomic E-state index is 9.25. The third kappa shape index (κ3) is 6.13. The predicted molar refractivity (Wildman–Crippen MR) is 83.3 cm³/mol. The van der Waals surface area contributed by atoms with Gasteiger partial charge in [-0.05, 0) is 20.3 Å². The zero-order chi connectivity index (χ0) is 15.0. The second-order valence-corrected chi connectivity index (χ2v) is 6.44. The number of halogens is 1. The van der Waals surface area contributed by atoms with Crippen LogP contribution in [0.4, 0.5) is 0 Å². The van der Waals surface area contributed by atoms with Gasteiger partial charge in [-0.15, -0.1) is 0 Å². The molecule has 0 spiro atoms. The first-order valence-corrected chi connectivity index (χ1v) is 8.16. The molecule has 0 atom stereocenters. The number of rotatable bonds is 10. The Kier molecular flexibility index (Phi) is 10.3. The topological polar surface area (TPSA) is 46.7 Å². The van der Waals surface area contributed by atoms with Gasteiger partial charge >= 0.3 is 0 Å². The van der Waals surface area contributed by atoms with Crippen LogP contribution in [0.3, 0.4) is 0 Å². The van der Waals surface area contributed by atoms with Crippen molar-refractivity contribution in [3.05, 3.63) is 0 Å². The van der Waals surface area contributed by atoms with E-state index in [2.05, 4.69) is 30.2 Å². The van der Waals surface area contributed by atoms with Gasteiger partial charge in [-0.2, -0.15) is 0 Å². The molecule has 1 aliphatic heterocycles. The summed E-state index contributed by atoms with van der Waals surface area (Å²) in [5, 5.41) is 18.5. The normalized spacial score (nSPS) is 15.6. The highest BCUT2D eigenvalue weighted by atomic mass is 35.5. The number of nitrogens with zero attached hydrogens (tertiary/aromatic N) is 2. The summed E-state index contributed by atoms with van der Waals surface area (Å²) in [5.74, 6) is 1.32. The lowest BCUT2D eigenvalue weighted by Gasteiger charge is -2.27. The summed E-state index contributed by atoms with van der Waals surface area (Å²) in [7, 11) is 0. The molecule has 0 bridgehead atoms. The summed E-state index contributed by atoms with van der Waals surface area (Å²) < 4.78 is 2.30. The van der Waals surface area contributed by atoms with Gasteiger partial charge in [-0.1, -0.05) is 32.6 Å². The van der Waals surface area contributed by atoms with E-state index in [1.54, 1.807) is 0 Å². The monoisotopic (exact) mass is 320 g/mol. The Morgan fingerprint density at radius 2 is 1.86 bits per heavy atom. The van der Waals surface area contributed by atoms with E-state index in [-0.39, 0.29) is 31.0 Å². The Balaban J connectivity index is 0.00000400. The molecule has 0 amide bonds. The fourth-order valence-corrected chi connectivity index (χ4v) is 3.29. The first-order chi connectivity index (χ1) is 9.56. The summed E-state index contributed by atoms with van der Waals surface area (Å²) in [6.07, 6.45) is 6.31. The second-order valence-electron chi connectivity index (χ2n) is 6.44. The van der Waals surface area contributed by atoms with Gasteiger partial charge in [-0.3, -0.25) is 9.48 Å². The molecule has 0 aromatic heterocycles. The van der Waals surface area contributed by atoms with Crippen molar-refractivity contribution in [2.45, 2.75) is 52.9 Å². The fourth-order valence-electron chi connectivity index (χ4n) is 3.29. The molecule has 21 heavy (non-hydrogen) atoms. The van der Waals surface area contributed by atoms with E-state index in [4.69, 9.17) is 0 Å². The third-order valence-electron chi connectivity index (χ3n) is 4.24. The second kappa shape index (κ2) is 10.4. The Bertz CT molecular complexity index is 319. The van der Waals surface area contributed by atoms with E-state index in [1.165, 1.54) is 37.9 Å². The van der Waals surface area contributed by atoms with Crippen molar-refractivity contribution in [1.29, 1.82) is 0 Å². The molecule has 1 rings (SSSR count). The number of β-amino-alcohol motifs (C(OH)–C–C–N with tert-alkyl or cyclic N) is 2. The molecule has 0 aromatic carbocycles. The summed E-state index contributed by atoms with van der Waals surface area (Å²) in [5.41, 5.74) is 0.120. The molecule has 0 aliphatic carbocycles. The highest BCUT2D eigenvalue weighted by Gasteiger charge is 2.41. The number of aliphatic hydroxyl groups is 2. The fraction of sp³-hybridized carbons (Fsp3) is 0.938. The molecule has 0 radical (unpaired) electrons. The molecule has 0 aromatic rings. The summed E-state index contributed by atoms with van der Waals surface area (Å²) in [6, 6.07) is 0. The Morgan fingerprint density at radius 3 is 2.43 bits per heavy atom. The van der Waals surface area contributed by atoms with E-state index < -0.39 is 0 Å². The lowest BCUT2D eigenvalue weighted by atomic mass is 9.84. The van der Waals surface area contributed by atoms with Crippen LogP contribution in [-0.4, -0.2) is 64.9 Å². The van der Waals surface area contributed by atoms with Crippen LogP contribution in [0.25, 0.3) is 0 Å². The highest BCUT2D eigenvalue weighted by molar-refractivity contribution is 5.84. The Hall–Kier alpha value is -0.320. The molecule has 0 saturated heterocycles. The Morgan fingerprint density at radius 1 is 1.14 bits per heavy atom. The van der Waals surface area contributed by atoms with Crippen molar-refractivity contribution in [2.75, 3.05) is 39.4 Å². The lowest BCUT2D eigenvalue weighted by molar-refractivity contribution is -0.523. The minimum absolute atomic E-state index is 0. The first kappa shape index (κ1) is 20.7. The average Bonchev–Trinajstić information content (AvgIpc) is 2.79. The molecule has 0 saturated carbocycles. The van der Waals surface area contributed by atoms with E-state index in [9.17, 15) is 10.2 Å². The van der Waals surface area contributed by atoms with Gasteiger partial charge < -0.3 is 22.6 Å². The van der Waals surface area contributed by atoms with Crippen molar-refractivity contribution in [2.24, 2.45) is 5.41 Å². The van der Waals surface area contributed by atoms with Crippen LogP contribution in [0, 0.1) is 5.41 Å². The first-order valence-electron chi connectivity index (χ1n) is 8.16. The van der Waals surface area contributed by atoms with Gasteiger partial charge in [0.25, 0.3) is 5.84 Å². The smallest absolute Gasteiger partial charge is 0.252 e. The van der Waals surface area contributed by atoms with Crippen LogP contribution in [0.5, 0.6) is 0 Å². The summed E-state index contributed by atoms with van der Waals surface area (Å²) >= 11 is 0. The van der Waals surface area contributed by atoms with Gasteiger partial charge in [0.2, 0.25) is 0 Å². The minimum atomic E-state index is 0. The van der Waals surface area contributed by atoms with Crippen LogP contribution in [0.2, 0.25) is 0 Å².